The number of hydrogen-bond acceptors (Lipinski definition) is 7. The van der Waals surface area contributed by atoms with Gasteiger partial charge in [-0.15, -0.1) is 0 Å². The number of aliphatic carboxylic acids is 1. The van der Waals surface area contributed by atoms with E-state index in [2.05, 4.69) is 37.6 Å². The van der Waals surface area contributed by atoms with Crippen molar-refractivity contribution in [2.45, 2.75) is 69.6 Å². The zero-order valence-electron chi connectivity index (χ0n) is 19.5. The molecule has 0 saturated heterocycles. The molecule has 0 bridgehead atoms. The molecule has 0 spiro atoms. The number of alkyl halides is 3. The van der Waals surface area contributed by atoms with E-state index in [1.165, 1.54) is 5.56 Å². The van der Waals surface area contributed by atoms with E-state index < -0.39 is 23.8 Å². The first-order valence-corrected chi connectivity index (χ1v) is 12.1. The number of hydrogen-bond donors (Lipinski definition) is 3. The number of halogens is 3. The Morgan fingerprint density at radius 3 is 2.66 bits per heavy atom. The average Bonchev–Trinajstić information content (AvgIpc) is 3.67. The number of carbonyl (C=O) groups is 1. The summed E-state index contributed by atoms with van der Waals surface area (Å²) in [5.41, 5.74) is 1.39. The van der Waals surface area contributed by atoms with Crippen LogP contribution in [0.25, 0.3) is 0 Å². The number of fused-ring (bicyclic) bond motifs is 1. The van der Waals surface area contributed by atoms with Gasteiger partial charge in [-0.2, -0.15) is 13.2 Å². The van der Waals surface area contributed by atoms with Gasteiger partial charge in [0.15, 0.2) is 0 Å². The van der Waals surface area contributed by atoms with Crippen molar-refractivity contribution in [3.63, 3.8) is 0 Å². The summed E-state index contributed by atoms with van der Waals surface area (Å²) in [4.78, 5) is 26.0. The standard InChI is InChI=1S/C24H31F3N6O2/c25-24(26,27)17-14-29-23(30-15-17)32-20(22(34)35)10-13-33(19-8-9-19)12-2-1-5-18-7-6-16-4-3-11-28-21(16)31-18/h6-7,14-15,19-20H,1-5,8-13H2,(H,28,31)(H,34,35)(H,29,30,32)/t20-/m0/s1. The van der Waals surface area contributed by atoms with Gasteiger partial charge in [-0.1, -0.05) is 6.07 Å². The van der Waals surface area contributed by atoms with Crippen molar-refractivity contribution >= 4 is 17.7 Å². The minimum absolute atomic E-state index is 0.129. The SMILES string of the molecule is O=C(O)[C@H](CCN(CCCCc1ccc2c(n1)NCCC2)C1CC1)Nc1ncc(C(F)(F)F)cn1. The summed E-state index contributed by atoms with van der Waals surface area (Å²) in [7, 11) is 0. The summed E-state index contributed by atoms with van der Waals surface area (Å²) in [6.45, 7) is 2.42. The summed E-state index contributed by atoms with van der Waals surface area (Å²) in [5, 5.41) is 15.6. The maximum Gasteiger partial charge on any atom is 0.419 e. The molecule has 0 radical (unpaired) electrons. The van der Waals surface area contributed by atoms with Crippen molar-refractivity contribution in [2.75, 3.05) is 30.3 Å². The van der Waals surface area contributed by atoms with Crippen LogP contribution in [0.5, 0.6) is 0 Å². The monoisotopic (exact) mass is 492 g/mol. The second-order valence-corrected chi connectivity index (χ2v) is 9.18. The molecule has 0 aromatic carbocycles. The van der Waals surface area contributed by atoms with Crippen molar-refractivity contribution in [2.24, 2.45) is 0 Å². The lowest BCUT2D eigenvalue weighted by atomic mass is 10.1. The topological polar surface area (TPSA) is 103 Å². The number of aromatic nitrogens is 3. The first-order chi connectivity index (χ1) is 16.8. The number of nitrogens with one attached hydrogen (secondary N) is 2. The molecule has 190 valence electrons. The average molecular weight is 493 g/mol. The van der Waals surface area contributed by atoms with Crippen molar-refractivity contribution < 1.29 is 23.1 Å². The zero-order chi connectivity index (χ0) is 24.8. The first kappa shape index (κ1) is 25.2. The fraction of sp³-hybridized carbons (Fsp3) is 0.583. The number of aryl methyl sites for hydroxylation is 2. The smallest absolute Gasteiger partial charge is 0.419 e. The van der Waals surface area contributed by atoms with Crippen LogP contribution in [0.3, 0.4) is 0 Å². The molecule has 1 atom stereocenters. The van der Waals surface area contributed by atoms with Crippen LogP contribution >= 0.6 is 0 Å². The lowest BCUT2D eigenvalue weighted by Gasteiger charge is -2.24. The van der Waals surface area contributed by atoms with Crippen LogP contribution in [0.2, 0.25) is 0 Å². The van der Waals surface area contributed by atoms with Crippen LogP contribution in [0.1, 0.15) is 55.3 Å². The molecule has 1 aliphatic heterocycles. The van der Waals surface area contributed by atoms with Gasteiger partial charge in [-0.3, -0.25) is 0 Å². The molecule has 1 fully saturated rings. The van der Waals surface area contributed by atoms with E-state index >= 15 is 0 Å². The predicted molar refractivity (Wildman–Crippen MR) is 125 cm³/mol. The highest BCUT2D eigenvalue weighted by Crippen LogP contribution is 2.29. The van der Waals surface area contributed by atoms with E-state index in [-0.39, 0.29) is 5.95 Å². The van der Waals surface area contributed by atoms with Crippen molar-refractivity contribution in [1.29, 1.82) is 0 Å². The fourth-order valence-corrected chi connectivity index (χ4v) is 4.30. The molecule has 0 amide bonds. The summed E-state index contributed by atoms with van der Waals surface area (Å²) < 4.78 is 38.1. The molecule has 2 aliphatic rings. The van der Waals surface area contributed by atoms with Gasteiger partial charge in [0.2, 0.25) is 5.95 Å². The predicted octanol–water partition coefficient (Wildman–Crippen LogP) is 3.99. The van der Waals surface area contributed by atoms with Crippen molar-refractivity contribution in [1.82, 2.24) is 19.9 Å². The van der Waals surface area contributed by atoms with E-state index in [9.17, 15) is 23.1 Å². The lowest BCUT2D eigenvalue weighted by molar-refractivity contribution is -0.139. The number of carboxylic acid groups (broad SMARTS) is 1. The van der Waals surface area contributed by atoms with Crippen LogP contribution in [-0.2, 0) is 23.8 Å². The molecule has 35 heavy (non-hydrogen) atoms. The number of carboxylic acids is 1. The van der Waals surface area contributed by atoms with Crippen LogP contribution in [0, 0.1) is 0 Å². The number of nitrogens with zero attached hydrogens (tertiary/aromatic N) is 4. The van der Waals surface area contributed by atoms with Gasteiger partial charge in [-0.05, 0) is 69.5 Å². The third-order valence-corrected chi connectivity index (χ3v) is 6.43. The second-order valence-electron chi connectivity index (χ2n) is 9.18. The first-order valence-electron chi connectivity index (χ1n) is 12.1. The third kappa shape index (κ3) is 7.27. The summed E-state index contributed by atoms with van der Waals surface area (Å²) in [6.07, 6.45) is 4.36. The highest BCUT2D eigenvalue weighted by Gasteiger charge is 2.32. The van der Waals surface area contributed by atoms with Gasteiger partial charge in [-0.25, -0.2) is 19.7 Å². The molecular formula is C24H31F3N6O2. The quantitative estimate of drug-likeness (QED) is 0.382. The Labute approximate surface area is 202 Å². The van der Waals surface area contributed by atoms with Crippen molar-refractivity contribution in [3.05, 3.63) is 41.3 Å². The van der Waals surface area contributed by atoms with Gasteiger partial charge in [0.1, 0.15) is 11.9 Å². The van der Waals surface area contributed by atoms with E-state index in [1.54, 1.807) is 0 Å². The number of pyridine rings is 1. The van der Waals surface area contributed by atoms with E-state index in [0.29, 0.717) is 31.4 Å². The Morgan fingerprint density at radius 1 is 1.20 bits per heavy atom. The molecule has 3 N–H and O–H groups in total. The second kappa shape index (κ2) is 11.2. The molecule has 0 unspecified atom stereocenters. The minimum atomic E-state index is -4.54. The maximum atomic E-state index is 12.7. The summed E-state index contributed by atoms with van der Waals surface area (Å²) >= 11 is 0. The van der Waals surface area contributed by atoms with Crippen LogP contribution in [0.15, 0.2) is 24.5 Å². The molecule has 11 heteroatoms. The number of rotatable bonds is 12. The Balaban J connectivity index is 1.24. The maximum absolute atomic E-state index is 12.7. The highest BCUT2D eigenvalue weighted by atomic mass is 19.4. The molecular weight excluding hydrogens is 461 g/mol. The fourth-order valence-electron chi connectivity index (χ4n) is 4.30. The minimum Gasteiger partial charge on any atom is -0.480 e. The molecule has 1 aliphatic carbocycles. The summed E-state index contributed by atoms with van der Waals surface area (Å²) in [6, 6.07) is 3.76. The summed E-state index contributed by atoms with van der Waals surface area (Å²) in [5.74, 6) is -0.204. The van der Waals surface area contributed by atoms with Crippen molar-refractivity contribution in [3.8, 4) is 0 Å². The highest BCUT2D eigenvalue weighted by molar-refractivity contribution is 5.76. The van der Waals surface area contributed by atoms with Gasteiger partial charge >= 0.3 is 12.1 Å². The van der Waals surface area contributed by atoms with Gasteiger partial charge in [0, 0.05) is 37.2 Å². The molecule has 4 rings (SSSR count). The Bertz CT molecular complexity index is 998. The normalized spacial score (nSPS) is 16.5. The van der Waals surface area contributed by atoms with Crippen LogP contribution in [0.4, 0.5) is 24.9 Å². The van der Waals surface area contributed by atoms with Crippen LogP contribution < -0.4 is 10.6 Å². The van der Waals surface area contributed by atoms with Gasteiger partial charge in [0.25, 0.3) is 0 Å². The third-order valence-electron chi connectivity index (χ3n) is 6.43. The van der Waals surface area contributed by atoms with Gasteiger partial charge < -0.3 is 20.6 Å². The van der Waals surface area contributed by atoms with E-state index in [1.807, 2.05) is 0 Å². The van der Waals surface area contributed by atoms with E-state index in [0.717, 1.165) is 69.5 Å². The van der Waals surface area contributed by atoms with Crippen LogP contribution in [-0.4, -0.2) is 62.6 Å². The molecule has 3 heterocycles. The van der Waals surface area contributed by atoms with Gasteiger partial charge in [0.05, 0.1) is 5.56 Å². The number of unbranched alkanes of at least 4 members (excludes halogenated alkanes) is 1. The Kier molecular flexibility index (Phi) is 8.04. The zero-order valence-corrected chi connectivity index (χ0v) is 19.5. The molecule has 8 nitrogen and oxygen atoms in total. The molecule has 1 saturated carbocycles. The Morgan fingerprint density at radius 2 is 1.97 bits per heavy atom. The molecule has 2 aromatic rings. The Hall–Kier alpha value is -2.95. The largest absolute Gasteiger partial charge is 0.480 e. The lowest BCUT2D eigenvalue weighted by Crippen LogP contribution is -2.36. The van der Waals surface area contributed by atoms with E-state index in [4.69, 9.17) is 4.98 Å². The number of anilines is 2. The molecule has 2 aromatic heterocycles.